The van der Waals surface area contributed by atoms with Crippen molar-refractivity contribution in [3.63, 3.8) is 0 Å². The molecule has 6 heteroatoms. The van der Waals surface area contributed by atoms with E-state index < -0.39 is 28.4 Å². The van der Waals surface area contributed by atoms with E-state index in [0.717, 1.165) is 5.56 Å². The molecule has 0 aliphatic heterocycles. The first kappa shape index (κ1) is 15.7. The molecule has 104 valence electrons. The third kappa shape index (κ3) is 4.04. The van der Waals surface area contributed by atoms with E-state index in [1.165, 1.54) is 19.1 Å². The van der Waals surface area contributed by atoms with Crippen LogP contribution in [0.3, 0.4) is 0 Å². The molecule has 0 aliphatic carbocycles. The molecule has 1 rings (SSSR count). The highest BCUT2D eigenvalue weighted by Gasteiger charge is 2.30. The van der Waals surface area contributed by atoms with Gasteiger partial charge in [0.2, 0.25) is 0 Å². The minimum atomic E-state index is -3.98. The van der Waals surface area contributed by atoms with Gasteiger partial charge in [0.05, 0.1) is 11.5 Å². The summed E-state index contributed by atoms with van der Waals surface area (Å²) >= 11 is 0. The SMILES string of the molecule is C#C[C@](C)(O)[C@H](O)COS(=O)(=O)c1ccc(C)cc1. The predicted octanol–water partition coefficient (Wildman–Crippen LogP) is 0.445. The van der Waals surface area contributed by atoms with Gasteiger partial charge >= 0.3 is 0 Å². The molecule has 0 spiro atoms. The Balaban J connectivity index is 2.77. The predicted molar refractivity (Wildman–Crippen MR) is 69.8 cm³/mol. The lowest BCUT2D eigenvalue weighted by molar-refractivity contribution is -0.0396. The Morgan fingerprint density at radius 1 is 1.42 bits per heavy atom. The molecule has 0 fully saturated rings. The van der Waals surface area contributed by atoms with Crippen LogP contribution in [-0.4, -0.2) is 36.9 Å². The highest BCUT2D eigenvalue weighted by molar-refractivity contribution is 7.86. The summed E-state index contributed by atoms with van der Waals surface area (Å²) in [5.41, 5.74) is -0.933. The van der Waals surface area contributed by atoms with Gasteiger partial charge in [-0.25, -0.2) is 0 Å². The van der Waals surface area contributed by atoms with Gasteiger partial charge in [0.25, 0.3) is 10.1 Å². The molecule has 0 unspecified atom stereocenters. The van der Waals surface area contributed by atoms with Crippen LogP contribution in [0, 0.1) is 19.3 Å². The summed E-state index contributed by atoms with van der Waals surface area (Å²) in [4.78, 5) is -0.0225. The number of terminal acetylenes is 1. The summed E-state index contributed by atoms with van der Waals surface area (Å²) < 4.78 is 28.3. The van der Waals surface area contributed by atoms with Gasteiger partial charge in [-0.1, -0.05) is 23.6 Å². The van der Waals surface area contributed by atoms with Crippen molar-refractivity contribution in [3.05, 3.63) is 29.8 Å². The second-order valence-electron chi connectivity index (χ2n) is 4.36. The molecule has 0 saturated heterocycles. The standard InChI is InChI=1S/C13H16O5S/c1-4-13(3,15)12(14)9-18-19(16,17)11-7-5-10(2)6-8-11/h1,5-8,12,14-15H,9H2,2-3H3/t12-,13+/m1/s1. The second kappa shape index (κ2) is 5.72. The van der Waals surface area contributed by atoms with Crippen molar-refractivity contribution in [2.75, 3.05) is 6.61 Å². The Hall–Kier alpha value is -1.39. The fraction of sp³-hybridized carbons (Fsp3) is 0.385. The normalized spacial score (nSPS) is 16.4. The molecular weight excluding hydrogens is 268 g/mol. The quantitative estimate of drug-likeness (QED) is 0.605. The molecule has 0 saturated carbocycles. The molecule has 0 radical (unpaired) electrons. The van der Waals surface area contributed by atoms with E-state index in [-0.39, 0.29) is 4.90 Å². The molecule has 0 aliphatic rings. The molecule has 2 atom stereocenters. The summed E-state index contributed by atoms with van der Waals surface area (Å²) in [6.07, 6.45) is 3.51. The summed E-state index contributed by atoms with van der Waals surface area (Å²) in [5.74, 6) is 1.96. The Morgan fingerprint density at radius 3 is 2.42 bits per heavy atom. The molecule has 1 aromatic carbocycles. The number of benzene rings is 1. The Kier molecular flexibility index (Phi) is 4.71. The van der Waals surface area contributed by atoms with Crippen LogP contribution >= 0.6 is 0 Å². The first-order valence-electron chi connectivity index (χ1n) is 5.53. The van der Waals surface area contributed by atoms with Gasteiger partial charge in [-0.05, 0) is 26.0 Å². The Morgan fingerprint density at radius 2 is 1.95 bits per heavy atom. The van der Waals surface area contributed by atoms with Gasteiger partial charge in [-0.3, -0.25) is 4.18 Å². The highest BCUT2D eigenvalue weighted by atomic mass is 32.2. The van der Waals surface area contributed by atoms with E-state index >= 15 is 0 Å². The molecular formula is C13H16O5S. The summed E-state index contributed by atoms with van der Waals surface area (Å²) in [6.45, 7) is 2.40. The average Bonchev–Trinajstić information content (AvgIpc) is 2.36. The fourth-order valence-corrected chi connectivity index (χ4v) is 2.10. The first-order chi connectivity index (χ1) is 8.69. The van der Waals surface area contributed by atoms with Gasteiger partial charge in [0.15, 0.2) is 0 Å². The number of aliphatic hydroxyl groups excluding tert-OH is 1. The monoisotopic (exact) mass is 284 g/mol. The fourth-order valence-electron chi connectivity index (χ4n) is 1.19. The molecule has 1 aromatic rings. The van der Waals surface area contributed by atoms with Crippen molar-refractivity contribution in [1.29, 1.82) is 0 Å². The highest BCUT2D eigenvalue weighted by Crippen LogP contribution is 2.15. The maximum atomic E-state index is 11.8. The lowest BCUT2D eigenvalue weighted by Crippen LogP contribution is -2.41. The zero-order valence-corrected chi connectivity index (χ0v) is 11.5. The Labute approximate surface area is 113 Å². The lowest BCUT2D eigenvalue weighted by Gasteiger charge is -2.22. The minimum Gasteiger partial charge on any atom is -0.387 e. The van der Waals surface area contributed by atoms with Gasteiger partial charge in [-0.2, -0.15) is 8.42 Å². The minimum absolute atomic E-state index is 0.0225. The van der Waals surface area contributed by atoms with Crippen molar-refractivity contribution in [2.24, 2.45) is 0 Å². The molecule has 0 amide bonds. The van der Waals surface area contributed by atoms with E-state index in [4.69, 9.17) is 6.42 Å². The van der Waals surface area contributed by atoms with Gasteiger partial charge < -0.3 is 10.2 Å². The summed E-state index contributed by atoms with van der Waals surface area (Å²) in [7, 11) is -3.98. The zero-order chi connectivity index (χ0) is 14.7. The van der Waals surface area contributed by atoms with Gasteiger partial charge in [0.1, 0.15) is 11.7 Å². The lowest BCUT2D eigenvalue weighted by atomic mass is 10.0. The van der Waals surface area contributed by atoms with E-state index in [2.05, 4.69) is 4.18 Å². The zero-order valence-electron chi connectivity index (χ0n) is 10.7. The molecule has 0 aromatic heterocycles. The molecule has 19 heavy (non-hydrogen) atoms. The average molecular weight is 284 g/mol. The number of hydrogen-bond acceptors (Lipinski definition) is 5. The first-order valence-corrected chi connectivity index (χ1v) is 6.94. The smallest absolute Gasteiger partial charge is 0.297 e. The summed E-state index contributed by atoms with van der Waals surface area (Å²) in [5, 5.41) is 19.1. The van der Waals surface area contributed by atoms with E-state index in [1.807, 2.05) is 12.8 Å². The number of aryl methyl sites for hydroxylation is 1. The number of rotatable bonds is 5. The van der Waals surface area contributed by atoms with Crippen LogP contribution in [0.5, 0.6) is 0 Å². The van der Waals surface area contributed by atoms with E-state index in [1.54, 1.807) is 12.1 Å². The summed E-state index contributed by atoms with van der Waals surface area (Å²) in [6, 6.07) is 6.06. The van der Waals surface area contributed by atoms with Crippen LogP contribution in [0.25, 0.3) is 0 Å². The van der Waals surface area contributed by atoms with Gasteiger partial charge in [0, 0.05) is 0 Å². The van der Waals surface area contributed by atoms with Crippen LogP contribution in [0.2, 0.25) is 0 Å². The molecule has 0 heterocycles. The van der Waals surface area contributed by atoms with Crippen molar-refractivity contribution in [3.8, 4) is 12.3 Å². The third-order valence-corrected chi connectivity index (χ3v) is 3.93. The molecule has 2 N–H and O–H groups in total. The maximum absolute atomic E-state index is 11.8. The topological polar surface area (TPSA) is 83.8 Å². The van der Waals surface area contributed by atoms with Crippen LogP contribution in [0.15, 0.2) is 29.2 Å². The van der Waals surface area contributed by atoms with Crippen molar-refractivity contribution in [1.82, 2.24) is 0 Å². The second-order valence-corrected chi connectivity index (χ2v) is 5.97. The van der Waals surface area contributed by atoms with E-state index in [0.29, 0.717) is 0 Å². The Bertz CT molecular complexity index is 566. The van der Waals surface area contributed by atoms with Crippen LogP contribution in [0.4, 0.5) is 0 Å². The van der Waals surface area contributed by atoms with Crippen LogP contribution in [0.1, 0.15) is 12.5 Å². The number of aliphatic hydroxyl groups is 2. The van der Waals surface area contributed by atoms with Crippen molar-refractivity contribution in [2.45, 2.75) is 30.4 Å². The maximum Gasteiger partial charge on any atom is 0.297 e. The van der Waals surface area contributed by atoms with E-state index in [9.17, 15) is 18.6 Å². The third-order valence-electron chi connectivity index (χ3n) is 2.63. The largest absolute Gasteiger partial charge is 0.387 e. The number of hydrogen-bond donors (Lipinski definition) is 2. The van der Waals surface area contributed by atoms with Crippen LogP contribution < -0.4 is 0 Å². The van der Waals surface area contributed by atoms with Gasteiger partial charge in [-0.15, -0.1) is 6.42 Å². The van der Waals surface area contributed by atoms with Crippen molar-refractivity contribution >= 4 is 10.1 Å². The molecule has 5 nitrogen and oxygen atoms in total. The molecule has 0 bridgehead atoms. The van der Waals surface area contributed by atoms with Crippen molar-refractivity contribution < 1.29 is 22.8 Å². The van der Waals surface area contributed by atoms with Crippen LogP contribution in [-0.2, 0) is 14.3 Å².